The highest BCUT2D eigenvalue weighted by Gasteiger charge is 2.30. The van der Waals surface area contributed by atoms with Gasteiger partial charge in [0.1, 0.15) is 5.82 Å². The van der Waals surface area contributed by atoms with Gasteiger partial charge >= 0.3 is 0 Å². The summed E-state index contributed by atoms with van der Waals surface area (Å²) >= 11 is 0. The number of likely N-dealkylation sites (tertiary alicyclic amines) is 1. The number of aromatic nitrogens is 2. The van der Waals surface area contributed by atoms with Gasteiger partial charge in [0, 0.05) is 25.2 Å². The summed E-state index contributed by atoms with van der Waals surface area (Å²) in [5.41, 5.74) is 1.61. The molecular formula is C18H28N4O. The molecule has 0 spiro atoms. The predicted octanol–water partition coefficient (Wildman–Crippen LogP) is 2.51. The standard InChI is InChI=1S/C18H28N4O/c1-13(12-22-8-4-3-5-9-22)10-20-18(23)16-11-19-14(2)21-17(16)15-6-7-15/h11,13,15H,3-10,12H2,1-2H3,(H,20,23). The molecule has 0 bridgehead atoms. The quantitative estimate of drug-likeness (QED) is 0.876. The Morgan fingerprint density at radius 3 is 2.78 bits per heavy atom. The van der Waals surface area contributed by atoms with Crippen molar-refractivity contribution in [3.05, 3.63) is 23.3 Å². The fourth-order valence-electron chi connectivity index (χ4n) is 3.34. The normalized spacial score (nSPS) is 20.3. The number of hydrogen-bond acceptors (Lipinski definition) is 4. The van der Waals surface area contributed by atoms with E-state index >= 15 is 0 Å². The number of hydrogen-bond donors (Lipinski definition) is 1. The van der Waals surface area contributed by atoms with Gasteiger partial charge in [-0.1, -0.05) is 13.3 Å². The summed E-state index contributed by atoms with van der Waals surface area (Å²) in [5.74, 6) is 1.66. The van der Waals surface area contributed by atoms with Gasteiger partial charge in [-0.2, -0.15) is 0 Å². The second-order valence-electron chi connectivity index (χ2n) is 7.17. The monoisotopic (exact) mass is 316 g/mol. The molecule has 1 N–H and O–H groups in total. The summed E-state index contributed by atoms with van der Waals surface area (Å²) < 4.78 is 0. The average Bonchev–Trinajstić information content (AvgIpc) is 3.38. The van der Waals surface area contributed by atoms with E-state index in [1.54, 1.807) is 6.20 Å². The Balaban J connectivity index is 1.52. The van der Waals surface area contributed by atoms with E-state index in [1.807, 2.05) is 6.92 Å². The largest absolute Gasteiger partial charge is 0.352 e. The van der Waals surface area contributed by atoms with Crippen molar-refractivity contribution in [1.82, 2.24) is 20.2 Å². The molecule has 3 rings (SSSR count). The summed E-state index contributed by atoms with van der Waals surface area (Å²) in [5, 5.41) is 3.09. The van der Waals surface area contributed by atoms with Gasteiger partial charge in [-0.05, 0) is 51.6 Å². The van der Waals surface area contributed by atoms with Crippen molar-refractivity contribution >= 4 is 5.91 Å². The van der Waals surface area contributed by atoms with Crippen molar-refractivity contribution in [3.63, 3.8) is 0 Å². The second kappa shape index (κ2) is 7.39. The molecule has 5 nitrogen and oxygen atoms in total. The van der Waals surface area contributed by atoms with Crippen LogP contribution in [0.5, 0.6) is 0 Å². The van der Waals surface area contributed by atoms with Crippen LogP contribution in [0.2, 0.25) is 0 Å². The second-order valence-corrected chi connectivity index (χ2v) is 7.17. The molecule has 1 aromatic heterocycles. The molecule has 2 fully saturated rings. The molecule has 0 radical (unpaired) electrons. The highest BCUT2D eigenvalue weighted by Crippen LogP contribution is 2.40. The Hall–Kier alpha value is -1.49. The van der Waals surface area contributed by atoms with Crippen LogP contribution >= 0.6 is 0 Å². The maximum absolute atomic E-state index is 12.5. The van der Waals surface area contributed by atoms with E-state index in [0.29, 0.717) is 23.9 Å². The fraction of sp³-hybridized carbons (Fsp3) is 0.722. The number of piperidine rings is 1. The van der Waals surface area contributed by atoms with E-state index in [1.165, 1.54) is 32.4 Å². The molecular weight excluding hydrogens is 288 g/mol. The van der Waals surface area contributed by atoms with Crippen LogP contribution in [0, 0.1) is 12.8 Å². The van der Waals surface area contributed by atoms with E-state index in [0.717, 1.165) is 30.9 Å². The van der Waals surface area contributed by atoms with Crippen LogP contribution in [-0.2, 0) is 0 Å². The van der Waals surface area contributed by atoms with Crippen molar-refractivity contribution in [2.75, 3.05) is 26.2 Å². The third kappa shape index (κ3) is 4.50. The molecule has 2 heterocycles. The van der Waals surface area contributed by atoms with Crippen LogP contribution < -0.4 is 5.32 Å². The Labute approximate surface area is 138 Å². The number of rotatable bonds is 6. The highest BCUT2D eigenvalue weighted by molar-refractivity contribution is 5.95. The molecule has 2 aliphatic rings. The first-order valence-electron chi connectivity index (χ1n) is 8.97. The van der Waals surface area contributed by atoms with Crippen LogP contribution in [0.1, 0.15) is 66.8 Å². The molecule has 23 heavy (non-hydrogen) atoms. The maximum atomic E-state index is 12.5. The maximum Gasteiger partial charge on any atom is 0.254 e. The number of nitrogens with zero attached hydrogens (tertiary/aromatic N) is 3. The lowest BCUT2D eigenvalue weighted by molar-refractivity contribution is 0.0940. The fourth-order valence-corrected chi connectivity index (χ4v) is 3.34. The summed E-state index contributed by atoms with van der Waals surface area (Å²) in [4.78, 5) is 23.7. The number of aryl methyl sites for hydroxylation is 1. The SMILES string of the molecule is Cc1ncc(C(=O)NCC(C)CN2CCCCC2)c(C2CC2)n1. The van der Waals surface area contributed by atoms with Gasteiger partial charge in [-0.15, -0.1) is 0 Å². The van der Waals surface area contributed by atoms with Crippen molar-refractivity contribution in [2.45, 2.75) is 51.9 Å². The molecule has 1 unspecified atom stereocenters. The molecule has 1 aromatic rings. The molecule has 0 aromatic carbocycles. The minimum Gasteiger partial charge on any atom is -0.352 e. The van der Waals surface area contributed by atoms with Crippen LogP contribution in [0.15, 0.2) is 6.20 Å². The number of nitrogens with one attached hydrogen (secondary N) is 1. The number of carbonyl (C=O) groups is 1. The van der Waals surface area contributed by atoms with Crippen LogP contribution in [0.25, 0.3) is 0 Å². The number of amides is 1. The average molecular weight is 316 g/mol. The van der Waals surface area contributed by atoms with Gasteiger partial charge in [0.2, 0.25) is 0 Å². The van der Waals surface area contributed by atoms with Gasteiger partial charge in [0.25, 0.3) is 5.91 Å². The summed E-state index contributed by atoms with van der Waals surface area (Å²) in [6.45, 7) is 8.29. The van der Waals surface area contributed by atoms with Gasteiger partial charge in [0.15, 0.2) is 0 Å². The summed E-state index contributed by atoms with van der Waals surface area (Å²) in [6.07, 6.45) is 7.96. The number of carbonyl (C=O) groups excluding carboxylic acids is 1. The first-order valence-corrected chi connectivity index (χ1v) is 8.97. The lowest BCUT2D eigenvalue weighted by Gasteiger charge is -2.29. The van der Waals surface area contributed by atoms with E-state index in [-0.39, 0.29) is 5.91 Å². The molecule has 1 saturated carbocycles. The lowest BCUT2D eigenvalue weighted by atomic mass is 10.1. The Morgan fingerprint density at radius 2 is 2.09 bits per heavy atom. The lowest BCUT2D eigenvalue weighted by Crippen LogP contribution is -2.38. The molecule has 1 amide bonds. The van der Waals surface area contributed by atoms with Gasteiger partial charge < -0.3 is 10.2 Å². The summed E-state index contributed by atoms with van der Waals surface area (Å²) in [6, 6.07) is 0. The van der Waals surface area contributed by atoms with Crippen molar-refractivity contribution < 1.29 is 4.79 Å². The summed E-state index contributed by atoms with van der Waals surface area (Å²) in [7, 11) is 0. The first kappa shape index (κ1) is 16.4. The van der Waals surface area contributed by atoms with Crippen molar-refractivity contribution in [3.8, 4) is 0 Å². The van der Waals surface area contributed by atoms with E-state index in [2.05, 4.69) is 27.1 Å². The van der Waals surface area contributed by atoms with E-state index in [9.17, 15) is 4.79 Å². The minimum atomic E-state index is -0.0163. The molecule has 5 heteroatoms. The van der Waals surface area contributed by atoms with E-state index in [4.69, 9.17) is 0 Å². The zero-order chi connectivity index (χ0) is 16.2. The highest BCUT2D eigenvalue weighted by atomic mass is 16.1. The smallest absolute Gasteiger partial charge is 0.254 e. The van der Waals surface area contributed by atoms with Crippen LogP contribution in [0.3, 0.4) is 0 Å². The predicted molar refractivity (Wildman–Crippen MR) is 90.5 cm³/mol. The van der Waals surface area contributed by atoms with E-state index < -0.39 is 0 Å². The zero-order valence-corrected chi connectivity index (χ0v) is 14.3. The molecule has 1 saturated heterocycles. The van der Waals surface area contributed by atoms with Crippen molar-refractivity contribution in [1.29, 1.82) is 0 Å². The van der Waals surface area contributed by atoms with Gasteiger partial charge in [0.05, 0.1) is 11.3 Å². The third-order valence-electron chi connectivity index (χ3n) is 4.78. The first-order chi connectivity index (χ1) is 11.1. The third-order valence-corrected chi connectivity index (χ3v) is 4.78. The molecule has 1 aliphatic heterocycles. The Bertz CT molecular complexity index is 550. The van der Waals surface area contributed by atoms with Crippen LogP contribution in [0.4, 0.5) is 0 Å². The van der Waals surface area contributed by atoms with Gasteiger partial charge in [-0.25, -0.2) is 9.97 Å². The van der Waals surface area contributed by atoms with Crippen molar-refractivity contribution in [2.24, 2.45) is 5.92 Å². The minimum absolute atomic E-state index is 0.0163. The zero-order valence-electron chi connectivity index (χ0n) is 14.3. The molecule has 1 atom stereocenters. The Kier molecular flexibility index (Phi) is 5.26. The molecule has 126 valence electrons. The molecule has 1 aliphatic carbocycles. The van der Waals surface area contributed by atoms with Crippen LogP contribution in [-0.4, -0.2) is 47.0 Å². The topological polar surface area (TPSA) is 58.1 Å². The Morgan fingerprint density at radius 1 is 1.35 bits per heavy atom. The van der Waals surface area contributed by atoms with Gasteiger partial charge in [-0.3, -0.25) is 4.79 Å².